The van der Waals surface area contributed by atoms with Crippen LogP contribution in [0.5, 0.6) is 17.2 Å². The number of ketones is 2. The number of nitrogens with two attached hydrogens (primary N) is 1. The zero-order chi connectivity index (χ0) is 34.9. The molecule has 0 heterocycles. The number of aromatic hydroxyl groups is 1. The maximum Gasteiger partial charge on any atom is 0.279 e. The highest BCUT2D eigenvalue weighted by Gasteiger charge is 2.70. The molecule has 0 aliphatic heterocycles. The van der Waals surface area contributed by atoms with Gasteiger partial charge < -0.3 is 40.4 Å². The van der Waals surface area contributed by atoms with E-state index in [9.17, 15) is 40.1 Å². The van der Waals surface area contributed by atoms with Crippen LogP contribution >= 0.6 is 0 Å². The molecule has 1 fully saturated rings. The summed E-state index contributed by atoms with van der Waals surface area (Å²) in [6, 6.07) is 5.26. The molecule has 0 radical (unpaired) electrons. The van der Waals surface area contributed by atoms with Crippen LogP contribution < -0.4 is 15.2 Å². The number of Topliss-reactive ketones (excluding diaryl/α,β-unsaturated/α-hetero) is 2. The number of nitro benzene ring substituents is 1. The lowest BCUT2D eigenvalue weighted by Gasteiger charge is -2.56. The Kier molecular flexibility index (Phi) is 8.29. The van der Waals surface area contributed by atoms with E-state index in [0.717, 1.165) is 6.07 Å². The molecule has 2 aromatic rings. The molecule has 2 aromatic carbocycles. The summed E-state index contributed by atoms with van der Waals surface area (Å²) >= 11 is 0. The summed E-state index contributed by atoms with van der Waals surface area (Å²) in [6.45, 7) is 2.98. The van der Waals surface area contributed by atoms with E-state index in [-0.39, 0.29) is 28.4 Å². The number of ether oxygens (including phenoxy) is 3. The van der Waals surface area contributed by atoms with Crippen LogP contribution in [0, 0.1) is 22.0 Å². The first kappa shape index (κ1) is 33.4. The topological polar surface area (TPSA) is 232 Å². The van der Waals surface area contributed by atoms with Crippen LogP contribution in [-0.4, -0.2) is 93.8 Å². The number of aliphatic hydroxyl groups is 3. The summed E-state index contributed by atoms with van der Waals surface area (Å²) in [6.07, 6.45) is -3.20. The van der Waals surface area contributed by atoms with E-state index in [1.165, 1.54) is 58.3 Å². The van der Waals surface area contributed by atoms with Gasteiger partial charge in [-0.3, -0.25) is 29.4 Å². The second kappa shape index (κ2) is 11.7. The number of methoxy groups -OCH3 is 2. The zero-order valence-electron chi connectivity index (χ0n) is 26.4. The number of benzene rings is 2. The number of fused-ring (bicyclic) bond motifs is 3. The lowest BCUT2D eigenvalue weighted by Crippen LogP contribution is -2.71. The van der Waals surface area contributed by atoms with Gasteiger partial charge in [0, 0.05) is 11.5 Å². The molecule has 1 unspecified atom stereocenters. The molecule has 3 aliphatic carbocycles. The van der Waals surface area contributed by atoms with E-state index in [4.69, 9.17) is 19.9 Å². The van der Waals surface area contributed by atoms with Gasteiger partial charge in [-0.15, -0.1) is 0 Å². The molecule has 15 heteroatoms. The predicted molar refractivity (Wildman–Crippen MR) is 164 cm³/mol. The molecule has 0 saturated heterocycles. The number of nitro groups is 1. The fourth-order valence-electron chi connectivity index (χ4n) is 7.45. The lowest BCUT2D eigenvalue weighted by molar-refractivity contribution is -0.386. The number of phenols is 1. The molecule has 5 rings (SSSR count). The predicted octanol–water partition coefficient (Wildman–Crippen LogP) is 2.21. The highest BCUT2D eigenvalue weighted by Crippen LogP contribution is 2.58. The lowest BCUT2D eigenvalue weighted by atomic mass is 9.54. The van der Waals surface area contributed by atoms with Gasteiger partial charge in [-0.05, 0) is 44.6 Å². The Labute approximate surface area is 268 Å². The average Bonchev–Trinajstić information content (AvgIpc) is 3.01. The molecule has 1 saturated carbocycles. The van der Waals surface area contributed by atoms with Crippen molar-refractivity contribution in [3.8, 4) is 17.2 Å². The van der Waals surface area contributed by atoms with E-state index >= 15 is 4.79 Å². The first-order chi connectivity index (χ1) is 22.1. The molecule has 15 nitrogen and oxygen atoms in total. The molecular weight excluding hydrogens is 618 g/mol. The van der Waals surface area contributed by atoms with E-state index in [0.29, 0.717) is 5.56 Å². The Morgan fingerprint density at radius 3 is 2.28 bits per heavy atom. The number of carbonyl (C=O) groups excluding carboxylic acids is 3. The van der Waals surface area contributed by atoms with Crippen LogP contribution in [0.4, 0.5) is 5.69 Å². The van der Waals surface area contributed by atoms with Gasteiger partial charge in [0.1, 0.15) is 22.8 Å². The number of likely N-dealkylation sites (N-methyl/N-ethyl adjacent to an activating group) is 1. The number of amides is 1. The van der Waals surface area contributed by atoms with Gasteiger partial charge >= 0.3 is 0 Å². The molecule has 3 aliphatic rings. The third-order valence-corrected chi connectivity index (χ3v) is 9.49. The van der Waals surface area contributed by atoms with Crippen LogP contribution in [0.2, 0.25) is 0 Å². The second-order valence-electron chi connectivity index (χ2n) is 12.0. The average molecular weight is 654 g/mol. The van der Waals surface area contributed by atoms with Crippen LogP contribution in [0.1, 0.15) is 42.6 Å². The smallest absolute Gasteiger partial charge is 0.279 e. The molecule has 7 atom stereocenters. The number of nitrogens with zero attached hydrogens (tertiary/aromatic N) is 2. The van der Waals surface area contributed by atoms with Gasteiger partial charge in [0.25, 0.3) is 11.6 Å². The third kappa shape index (κ3) is 4.64. The Morgan fingerprint density at radius 2 is 1.72 bits per heavy atom. The van der Waals surface area contributed by atoms with Gasteiger partial charge in [0.05, 0.1) is 60.5 Å². The van der Waals surface area contributed by atoms with Crippen LogP contribution in [-0.2, 0) is 19.1 Å². The molecule has 0 spiro atoms. The molecule has 6 N–H and O–H groups in total. The Bertz CT molecular complexity index is 1780. The van der Waals surface area contributed by atoms with Crippen molar-refractivity contribution in [3.63, 3.8) is 0 Å². The standard InChI is InChI=1S/C32H35N3O12/c1-12-14-8-7-9-17(36)21(14)26(37)22-20(12)27(38)24-25(34(3)4)28(39)23(31(33)42)30(41)32(24,29(22)40)47-13(2)15-10-18(45-5)19(46-6)11-16(15)35(43)44/h7-13,20,24-25,27,36-38,41H,1-6H3,(H2,33,42)/t12-,13?,20+,24+,25-,27-,32-/m1/s1. The fraction of sp³-hybridized carbons (Fsp3) is 0.406. The molecule has 1 amide bonds. The second-order valence-corrected chi connectivity index (χ2v) is 12.0. The Morgan fingerprint density at radius 1 is 1.11 bits per heavy atom. The highest BCUT2D eigenvalue weighted by molar-refractivity contribution is 6.24. The number of hydrogen-bond acceptors (Lipinski definition) is 13. The van der Waals surface area contributed by atoms with Gasteiger partial charge in [-0.2, -0.15) is 0 Å². The number of primary amides is 1. The Balaban J connectivity index is 1.86. The summed E-state index contributed by atoms with van der Waals surface area (Å²) in [7, 11) is 5.48. The van der Waals surface area contributed by atoms with Crippen molar-refractivity contribution in [2.75, 3.05) is 28.3 Å². The van der Waals surface area contributed by atoms with Gasteiger partial charge in [0.15, 0.2) is 22.9 Å². The number of phenolic OH excluding ortho intramolecular Hbond substituents is 1. The minimum Gasteiger partial charge on any atom is -0.508 e. The van der Waals surface area contributed by atoms with Crippen molar-refractivity contribution in [1.82, 2.24) is 4.90 Å². The molecule has 250 valence electrons. The minimum absolute atomic E-state index is 0.0117. The van der Waals surface area contributed by atoms with E-state index in [1.54, 1.807) is 13.0 Å². The third-order valence-electron chi connectivity index (χ3n) is 9.49. The van der Waals surface area contributed by atoms with Crippen molar-refractivity contribution in [2.24, 2.45) is 17.6 Å². The van der Waals surface area contributed by atoms with Gasteiger partial charge in [0.2, 0.25) is 5.78 Å². The van der Waals surface area contributed by atoms with Gasteiger partial charge in [-0.25, -0.2) is 0 Å². The van der Waals surface area contributed by atoms with Crippen molar-refractivity contribution in [3.05, 3.63) is 74.0 Å². The molecule has 47 heavy (non-hydrogen) atoms. The Hall–Kier alpha value is -4.99. The fourth-order valence-corrected chi connectivity index (χ4v) is 7.45. The van der Waals surface area contributed by atoms with Crippen molar-refractivity contribution < 1.29 is 53.9 Å². The summed E-state index contributed by atoms with van der Waals surface area (Å²) in [5, 5.41) is 58.5. The van der Waals surface area contributed by atoms with E-state index in [1.807, 2.05) is 0 Å². The largest absolute Gasteiger partial charge is 0.508 e. The SMILES string of the molecule is COc1cc(C(C)O[C@@]23C(=O)C4=C(O)c5c(O)cccc5[C@@H](C)[C@@H]4[C@@H](O)[C@@H]2[C@@H](N(C)C)C(=O)C(C(N)=O)=C3O)c([N+](=O)[O-])cc1OC. The van der Waals surface area contributed by atoms with Crippen molar-refractivity contribution in [1.29, 1.82) is 0 Å². The number of carbonyl (C=O) groups is 3. The van der Waals surface area contributed by atoms with Gasteiger partial charge in [-0.1, -0.05) is 19.1 Å². The summed E-state index contributed by atoms with van der Waals surface area (Å²) < 4.78 is 16.9. The van der Waals surface area contributed by atoms with Crippen LogP contribution in [0.15, 0.2) is 47.2 Å². The highest BCUT2D eigenvalue weighted by atomic mass is 16.6. The maximum absolute atomic E-state index is 15.0. The number of hydrogen-bond donors (Lipinski definition) is 5. The van der Waals surface area contributed by atoms with Crippen molar-refractivity contribution >= 4 is 28.9 Å². The van der Waals surface area contributed by atoms with Crippen LogP contribution in [0.25, 0.3) is 5.76 Å². The number of rotatable bonds is 8. The first-order valence-electron chi connectivity index (χ1n) is 14.6. The molecular formula is C32H35N3O12. The molecule has 0 bridgehead atoms. The van der Waals surface area contributed by atoms with E-state index < -0.39 is 92.4 Å². The maximum atomic E-state index is 15.0. The quantitative estimate of drug-likeness (QED) is 0.156. The summed E-state index contributed by atoms with van der Waals surface area (Å²) in [5.41, 5.74) is 1.01. The zero-order valence-corrected chi connectivity index (χ0v) is 26.4. The van der Waals surface area contributed by atoms with E-state index in [2.05, 4.69) is 0 Å². The van der Waals surface area contributed by atoms with Crippen LogP contribution in [0.3, 0.4) is 0 Å². The summed E-state index contributed by atoms with van der Waals surface area (Å²) in [4.78, 5) is 54.4. The monoisotopic (exact) mass is 653 g/mol. The van der Waals surface area contributed by atoms with Crippen molar-refractivity contribution in [2.45, 2.75) is 43.6 Å². The summed E-state index contributed by atoms with van der Waals surface area (Å²) in [5.74, 6) is -9.27. The first-order valence-corrected chi connectivity index (χ1v) is 14.6. The molecule has 0 aromatic heterocycles. The normalized spacial score (nSPS) is 27.6. The number of aliphatic hydroxyl groups excluding tert-OH is 3. The minimum atomic E-state index is -2.80.